The summed E-state index contributed by atoms with van der Waals surface area (Å²) in [6, 6.07) is 38.2. The van der Waals surface area contributed by atoms with Gasteiger partial charge in [0, 0.05) is 101 Å². The monoisotopic (exact) mass is 971 g/mol. The van der Waals surface area contributed by atoms with Crippen LogP contribution in [0.15, 0.2) is 134 Å². The minimum atomic E-state index is -0.798. The van der Waals surface area contributed by atoms with Crippen molar-refractivity contribution in [1.82, 2.24) is 40.2 Å². The highest BCUT2D eigenvalue weighted by molar-refractivity contribution is 5.90. The average Bonchev–Trinajstić information content (AvgIpc) is 3.42. The fourth-order valence-electron chi connectivity index (χ4n) is 11.6. The summed E-state index contributed by atoms with van der Waals surface area (Å²) in [5.41, 5.74) is 17.3. The number of benzene rings is 4. The van der Waals surface area contributed by atoms with Gasteiger partial charge in [-0.2, -0.15) is 0 Å². The molecule has 2 aromatic heterocycles. The average molecular weight is 971 g/mol. The number of carbonyl (C=O) groups is 4. The van der Waals surface area contributed by atoms with E-state index in [2.05, 4.69) is 76.6 Å². The maximum atomic E-state index is 13.4. The standard InChI is InChI=1S/2C29H35N5O2/c2*30-28(35)27(22-8-2-1-3-9-22)32-29(36)24-11-5-7-13-26(24)34-16-14-33(15-17-34)20-21-18-23-10-4-6-12-25(23)31-19-21/h2*1-4,6,8-10,12,18-19,24,26-27H,5,7,11,13-17,20H2,(H2,30,35)(H,32,36)/t24-,26-,27+;24-,26-,27-/m10/s1. The molecule has 4 aliphatic rings. The van der Waals surface area contributed by atoms with Crippen LogP contribution < -0.4 is 22.1 Å². The number of piperazine rings is 2. The third-order valence-corrected chi connectivity index (χ3v) is 15.4. The Morgan fingerprint density at radius 2 is 0.847 bits per heavy atom. The summed E-state index contributed by atoms with van der Waals surface area (Å²) in [6.07, 6.45) is 12.0. The number of nitrogens with two attached hydrogens (primary N) is 2. The first-order valence-electron chi connectivity index (χ1n) is 26.1. The van der Waals surface area contributed by atoms with E-state index in [9.17, 15) is 19.2 Å². The van der Waals surface area contributed by atoms with Gasteiger partial charge in [-0.15, -0.1) is 0 Å². The second-order valence-corrected chi connectivity index (χ2v) is 20.1. The van der Waals surface area contributed by atoms with Gasteiger partial charge in [0.05, 0.1) is 22.9 Å². The molecule has 0 radical (unpaired) electrons. The molecule has 2 saturated carbocycles. The summed E-state index contributed by atoms with van der Waals surface area (Å²) in [7, 11) is 0. The van der Waals surface area contributed by atoms with Crippen molar-refractivity contribution in [2.75, 3.05) is 52.4 Å². The molecule has 2 saturated heterocycles. The van der Waals surface area contributed by atoms with E-state index in [1.807, 2.05) is 97.3 Å². The van der Waals surface area contributed by atoms with Crippen molar-refractivity contribution in [2.45, 2.75) is 88.6 Å². The quantitative estimate of drug-likeness (QED) is 0.0940. The summed E-state index contributed by atoms with van der Waals surface area (Å²) in [5.74, 6) is -1.42. The largest absolute Gasteiger partial charge is 0.368 e. The molecule has 4 fully saturated rings. The molecule has 0 unspecified atom stereocenters. The molecule has 4 aromatic carbocycles. The molecule has 14 nitrogen and oxygen atoms in total. The van der Waals surface area contributed by atoms with E-state index in [0.29, 0.717) is 0 Å². The normalized spacial score (nSPS) is 22.2. The van der Waals surface area contributed by atoms with Gasteiger partial charge in [-0.3, -0.25) is 48.7 Å². The highest BCUT2D eigenvalue weighted by Gasteiger charge is 2.39. The topological polar surface area (TPSA) is 183 Å². The SMILES string of the molecule is NC(=O)[C@@H](NC(=O)[C@@H]1CCCC[C@H]1N1CCN(Cc2cnc3ccccc3c2)CC1)c1ccccc1.NC(=O)[C@@H](NC(=O)[C@H]1CCCC[C@@H]1N1CCN(Cc2cnc3ccccc3c2)CC1)c1ccccc1. The van der Waals surface area contributed by atoms with E-state index in [1.54, 1.807) is 0 Å². The van der Waals surface area contributed by atoms with Crippen LogP contribution in [0.2, 0.25) is 0 Å². The molecule has 6 atom stereocenters. The molecular weight excluding hydrogens is 901 g/mol. The first kappa shape index (κ1) is 50.4. The Bertz CT molecular complexity index is 2570. The highest BCUT2D eigenvalue weighted by atomic mass is 16.2. The molecule has 10 rings (SSSR count). The number of para-hydroxylation sites is 2. The Hall–Kier alpha value is -6.58. The molecule has 2 aliphatic carbocycles. The number of amides is 4. The van der Waals surface area contributed by atoms with Gasteiger partial charge in [0.25, 0.3) is 0 Å². The number of nitrogens with one attached hydrogen (secondary N) is 2. The van der Waals surface area contributed by atoms with Gasteiger partial charge < -0.3 is 22.1 Å². The first-order valence-corrected chi connectivity index (χ1v) is 26.1. The van der Waals surface area contributed by atoms with Gasteiger partial charge in [-0.25, -0.2) is 0 Å². The lowest BCUT2D eigenvalue weighted by Gasteiger charge is -2.44. The van der Waals surface area contributed by atoms with E-state index in [-0.39, 0.29) is 35.7 Å². The van der Waals surface area contributed by atoms with Crippen LogP contribution in [0, 0.1) is 11.8 Å². The van der Waals surface area contributed by atoms with Gasteiger partial charge in [0.1, 0.15) is 12.1 Å². The number of aromatic nitrogens is 2. The molecular formula is C58H70N10O4. The van der Waals surface area contributed by atoms with E-state index < -0.39 is 23.9 Å². The predicted octanol–water partition coefficient (Wildman–Crippen LogP) is 6.51. The van der Waals surface area contributed by atoms with Crippen LogP contribution >= 0.6 is 0 Å². The van der Waals surface area contributed by atoms with Crippen LogP contribution in [0.1, 0.15) is 85.7 Å². The van der Waals surface area contributed by atoms with Gasteiger partial charge >= 0.3 is 0 Å². The predicted molar refractivity (Wildman–Crippen MR) is 282 cm³/mol. The van der Waals surface area contributed by atoms with Crippen LogP contribution in [-0.2, 0) is 32.3 Å². The van der Waals surface area contributed by atoms with Gasteiger partial charge in [0.15, 0.2) is 0 Å². The van der Waals surface area contributed by atoms with E-state index in [1.165, 1.54) is 21.9 Å². The minimum Gasteiger partial charge on any atom is -0.368 e. The zero-order valence-electron chi connectivity index (χ0n) is 41.4. The summed E-state index contributed by atoms with van der Waals surface area (Å²) < 4.78 is 0. The van der Waals surface area contributed by atoms with Crippen LogP contribution in [0.4, 0.5) is 0 Å². The molecule has 2 aliphatic heterocycles. The van der Waals surface area contributed by atoms with Crippen LogP contribution in [0.25, 0.3) is 21.8 Å². The smallest absolute Gasteiger partial charge is 0.244 e. The number of hydrogen-bond acceptors (Lipinski definition) is 10. The maximum Gasteiger partial charge on any atom is 0.244 e. The number of hydrogen-bond donors (Lipinski definition) is 4. The van der Waals surface area contributed by atoms with Crippen molar-refractivity contribution in [3.63, 3.8) is 0 Å². The molecule has 14 heteroatoms. The molecule has 6 N–H and O–H groups in total. The summed E-state index contributed by atoms with van der Waals surface area (Å²) in [5, 5.41) is 8.29. The number of carbonyl (C=O) groups excluding carboxylic acids is 4. The third kappa shape index (κ3) is 12.7. The molecule has 0 bridgehead atoms. The van der Waals surface area contributed by atoms with Gasteiger partial charge in [0.2, 0.25) is 23.6 Å². The molecule has 72 heavy (non-hydrogen) atoms. The first-order chi connectivity index (χ1) is 35.2. The van der Waals surface area contributed by atoms with E-state index in [0.717, 1.165) is 139 Å². The molecule has 4 amide bonds. The van der Waals surface area contributed by atoms with Crippen molar-refractivity contribution >= 4 is 45.4 Å². The lowest BCUT2D eigenvalue weighted by Crippen LogP contribution is -2.55. The number of rotatable bonds is 14. The lowest BCUT2D eigenvalue weighted by atomic mass is 9.82. The fraction of sp³-hybridized carbons (Fsp3) is 0.414. The van der Waals surface area contributed by atoms with E-state index in [4.69, 9.17) is 11.5 Å². The number of nitrogens with zero attached hydrogens (tertiary/aromatic N) is 6. The third-order valence-electron chi connectivity index (χ3n) is 15.4. The summed E-state index contributed by atoms with van der Waals surface area (Å²) in [4.78, 5) is 70.2. The lowest BCUT2D eigenvalue weighted by molar-refractivity contribution is -0.133. The van der Waals surface area contributed by atoms with Crippen molar-refractivity contribution in [3.8, 4) is 0 Å². The Morgan fingerprint density at radius 1 is 0.486 bits per heavy atom. The Labute approximate surface area is 423 Å². The minimum absolute atomic E-state index is 0.0583. The zero-order valence-corrected chi connectivity index (χ0v) is 41.4. The van der Waals surface area contributed by atoms with Crippen LogP contribution in [0.5, 0.6) is 0 Å². The number of primary amides is 2. The van der Waals surface area contributed by atoms with Crippen molar-refractivity contribution in [1.29, 1.82) is 0 Å². The summed E-state index contributed by atoms with van der Waals surface area (Å²) >= 11 is 0. The van der Waals surface area contributed by atoms with Crippen molar-refractivity contribution < 1.29 is 19.2 Å². The Balaban J connectivity index is 0.000000178. The zero-order chi connectivity index (χ0) is 49.8. The van der Waals surface area contributed by atoms with Gasteiger partial charge in [-0.1, -0.05) is 123 Å². The maximum absolute atomic E-state index is 13.4. The fourth-order valence-corrected chi connectivity index (χ4v) is 11.6. The number of pyridine rings is 2. The van der Waals surface area contributed by atoms with Crippen LogP contribution in [-0.4, -0.2) is 118 Å². The second-order valence-electron chi connectivity index (χ2n) is 20.1. The second kappa shape index (κ2) is 24.2. The number of fused-ring (bicyclic) bond motifs is 2. The molecule has 0 spiro atoms. The highest BCUT2D eigenvalue weighted by Crippen LogP contribution is 2.32. The van der Waals surface area contributed by atoms with E-state index >= 15 is 0 Å². The molecule has 4 heterocycles. The van der Waals surface area contributed by atoms with Crippen molar-refractivity contribution in [3.05, 3.63) is 156 Å². The Kier molecular flexibility index (Phi) is 16.9. The van der Waals surface area contributed by atoms with Crippen molar-refractivity contribution in [2.24, 2.45) is 23.3 Å². The molecule has 6 aromatic rings. The summed E-state index contributed by atoms with van der Waals surface area (Å²) in [6.45, 7) is 9.38. The van der Waals surface area contributed by atoms with Crippen LogP contribution in [0.3, 0.4) is 0 Å². The molecule has 376 valence electrons. The van der Waals surface area contributed by atoms with Gasteiger partial charge in [-0.05, 0) is 72.2 Å². The Morgan fingerprint density at radius 3 is 1.24 bits per heavy atom.